The lowest BCUT2D eigenvalue weighted by atomic mass is 9.96. The smallest absolute Gasteiger partial charge is 0.101 e. The average molecular weight is 332 g/mol. The molecule has 0 spiro atoms. The SMILES string of the molecule is N#Cc1c(C=Cc2ccccc2)ccc(C=Cc2ccccc2)c1C#N. The summed E-state index contributed by atoms with van der Waals surface area (Å²) >= 11 is 0. The molecule has 122 valence electrons. The number of nitriles is 2. The van der Waals surface area contributed by atoms with Crippen molar-refractivity contribution in [1.29, 1.82) is 10.5 Å². The van der Waals surface area contributed by atoms with Crippen LogP contribution in [0.5, 0.6) is 0 Å². The first-order valence-electron chi connectivity index (χ1n) is 8.25. The third-order valence-electron chi connectivity index (χ3n) is 4.00. The quantitative estimate of drug-likeness (QED) is 0.569. The van der Waals surface area contributed by atoms with Crippen LogP contribution < -0.4 is 0 Å². The minimum absolute atomic E-state index is 0.398. The van der Waals surface area contributed by atoms with Gasteiger partial charge in [0, 0.05) is 0 Å². The normalized spacial score (nSPS) is 10.7. The summed E-state index contributed by atoms with van der Waals surface area (Å²) in [6, 6.07) is 27.8. The summed E-state index contributed by atoms with van der Waals surface area (Å²) in [6.45, 7) is 0. The zero-order valence-corrected chi connectivity index (χ0v) is 14.1. The molecular weight excluding hydrogens is 316 g/mol. The first-order chi connectivity index (χ1) is 12.8. The van der Waals surface area contributed by atoms with E-state index in [0.717, 1.165) is 22.3 Å². The maximum atomic E-state index is 9.58. The van der Waals surface area contributed by atoms with E-state index in [1.54, 1.807) is 0 Å². The molecule has 0 aliphatic heterocycles. The Hall–Kier alpha value is -3.88. The van der Waals surface area contributed by atoms with Gasteiger partial charge in [-0.25, -0.2) is 0 Å². The van der Waals surface area contributed by atoms with E-state index in [-0.39, 0.29) is 0 Å². The molecule has 0 aliphatic carbocycles. The molecule has 26 heavy (non-hydrogen) atoms. The highest BCUT2D eigenvalue weighted by atomic mass is 14.3. The van der Waals surface area contributed by atoms with Gasteiger partial charge in [0.2, 0.25) is 0 Å². The molecule has 0 saturated carbocycles. The average Bonchev–Trinajstić information content (AvgIpc) is 2.71. The molecule has 2 nitrogen and oxygen atoms in total. The topological polar surface area (TPSA) is 47.6 Å². The second-order valence-electron chi connectivity index (χ2n) is 5.71. The highest BCUT2D eigenvalue weighted by molar-refractivity contribution is 5.79. The number of hydrogen-bond acceptors (Lipinski definition) is 2. The fourth-order valence-corrected chi connectivity index (χ4v) is 2.65. The summed E-state index contributed by atoms with van der Waals surface area (Å²) < 4.78 is 0. The van der Waals surface area contributed by atoms with Gasteiger partial charge in [-0.05, 0) is 22.3 Å². The van der Waals surface area contributed by atoms with Gasteiger partial charge in [0.05, 0.1) is 11.1 Å². The van der Waals surface area contributed by atoms with Gasteiger partial charge in [0.25, 0.3) is 0 Å². The van der Waals surface area contributed by atoms with Crippen molar-refractivity contribution in [3.63, 3.8) is 0 Å². The predicted molar refractivity (Wildman–Crippen MR) is 107 cm³/mol. The van der Waals surface area contributed by atoms with Crippen LogP contribution in [0.15, 0.2) is 72.8 Å². The van der Waals surface area contributed by atoms with Crippen molar-refractivity contribution in [3.05, 3.63) is 106 Å². The van der Waals surface area contributed by atoms with Crippen LogP contribution in [0.4, 0.5) is 0 Å². The zero-order chi connectivity index (χ0) is 18.2. The van der Waals surface area contributed by atoms with Crippen molar-refractivity contribution in [3.8, 4) is 12.1 Å². The standard InChI is InChI=1S/C24H16N2/c25-17-23-21(13-11-19-7-3-1-4-8-19)15-16-22(24(23)18-26)14-12-20-9-5-2-6-10-20/h1-16H. The van der Waals surface area contributed by atoms with Gasteiger partial charge in [-0.1, -0.05) is 97.1 Å². The molecule has 0 bridgehead atoms. The Labute approximate surface area is 153 Å². The minimum atomic E-state index is 0.398. The number of nitrogens with zero attached hydrogens (tertiary/aromatic N) is 2. The predicted octanol–water partition coefficient (Wildman–Crippen LogP) is 5.77. The van der Waals surface area contributed by atoms with Crippen LogP contribution >= 0.6 is 0 Å². The van der Waals surface area contributed by atoms with Crippen LogP contribution in [0.25, 0.3) is 24.3 Å². The van der Waals surface area contributed by atoms with Crippen LogP contribution in [0.2, 0.25) is 0 Å². The van der Waals surface area contributed by atoms with Gasteiger partial charge in [-0.2, -0.15) is 10.5 Å². The molecule has 0 fully saturated rings. The van der Waals surface area contributed by atoms with E-state index < -0.39 is 0 Å². The molecule has 0 aromatic heterocycles. The fourth-order valence-electron chi connectivity index (χ4n) is 2.65. The van der Waals surface area contributed by atoms with Crippen LogP contribution in [-0.2, 0) is 0 Å². The second-order valence-corrected chi connectivity index (χ2v) is 5.71. The van der Waals surface area contributed by atoms with Crippen molar-refractivity contribution >= 4 is 24.3 Å². The molecule has 3 aromatic carbocycles. The fraction of sp³-hybridized carbons (Fsp3) is 0. The molecule has 0 amide bonds. The Balaban J connectivity index is 1.97. The second kappa shape index (κ2) is 8.29. The van der Waals surface area contributed by atoms with E-state index in [1.165, 1.54) is 0 Å². The van der Waals surface area contributed by atoms with Gasteiger partial charge in [0.15, 0.2) is 0 Å². The molecule has 3 aromatic rings. The van der Waals surface area contributed by atoms with E-state index in [1.807, 2.05) is 97.1 Å². The van der Waals surface area contributed by atoms with Crippen LogP contribution in [-0.4, -0.2) is 0 Å². The number of rotatable bonds is 4. The van der Waals surface area contributed by atoms with Crippen molar-refractivity contribution in [2.75, 3.05) is 0 Å². The van der Waals surface area contributed by atoms with E-state index in [2.05, 4.69) is 12.1 Å². The zero-order valence-electron chi connectivity index (χ0n) is 14.1. The number of benzene rings is 3. The third kappa shape index (κ3) is 3.96. The Morgan fingerprint density at radius 3 is 1.23 bits per heavy atom. The van der Waals surface area contributed by atoms with Gasteiger partial charge >= 0.3 is 0 Å². The molecule has 2 heteroatoms. The monoisotopic (exact) mass is 332 g/mol. The van der Waals surface area contributed by atoms with Gasteiger partial charge in [-0.3, -0.25) is 0 Å². The Bertz CT molecular complexity index is 945. The van der Waals surface area contributed by atoms with E-state index in [4.69, 9.17) is 0 Å². The maximum absolute atomic E-state index is 9.58. The molecule has 0 unspecified atom stereocenters. The summed E-state index contributed by atoms with van der Waals surface area (Å²) in [5.41, 5.74) is 4.37. The minimum Gasteiger partial charge on any atom is -0.192 e. The summed E-state index contributed by atoms with van der Waals surface area (Å²) in [5.74, 6) is 0. The van der Waals surface area contributed by atoms with E-state index in [9.17, 15) is 10.5 Å². The molecule has 0 aliphatic rings. The van der Waals surface area contributed by atoms with E-state index >= 15 is 0 Å². The lowest BCUT2D eigenvalue weighted by Gasteiger charge is -2.05. The maximum Gasteiger partial charge on any atom is 0.101 e. The van der Waals surface area contributed by atoms with Gasteiger partial charge in [-0.15, -0.1) is 0 Å². The first kappa shape index (κ1) is 17.0. The highest BCUT2D eigenvalue weighted by Gasteiger charge is 2.10. The summed E-state index contributed by atoms with van der Waals surface area (Å²) in [4.78, 5) is 0. The van der Waals surface area contributed by atoms with Crippen LogP contribution in [0, 0.1) is 22.7 Å². The first-order valence-corrected chi connectivity index (χ1v) is 8.25. The lowest BCUT2D eigenvalue weighted by Crippen LogP contribution is -1.92. The largest absolute Gasteiger partial charge is 0.192 e. The van der Waals surface area contributed by atoms with Crippen molar-refractivity contribution in [2.24, 2.45) is 0 Å². The van der Waals surface area contributed by atoms with Crippen molar-refractivity contribution in [2.45, 2.75) is 0 Å². The Morgan fingerprint density at radius 1 is 0.500 bits per heavy atom. The molecule has 0 radical (unpaired) electrons. The molecule has 3 rings (SSSR count). The summed E-state index contributed by atoms with van der Waals surface area (Å²) in [5, 5.41) is 19.2. The molecule has 0 atom stereocenters. The van der Waals surface area contributed by atoms with Crippen LogP contribution in [0.1, 0.15) is 33.4 Å². The molecule has 0 N–H and O–H groups in total. The van der Waals surface area contributed by atoms with Crippen LogP contribution in [0.3, 0.4) is 0 Å². The Morgan fingerprint density at radius 2 is 0.885 bits per heavy atom. The van der Waals surface area contributed by atoms with Crippen molar-refractivity contribution in [1.82, 2.24) is 0 Å². The van der Waals surface area contributed by atoms with Gasteiger partial charge < -0.3 is 0 Å². The summed E-state index contributed by atoms with van der Waals surface area (Å²) in [6.07, 6.45) is 7.63. The van der Waals surface area contributed by atoms with E-state index in [0.29, 0.717) is 11.1 Å². The molecule has 0 saturated heterocycles. The highest BCUT2D eigenvalue weighted by Crippen LogP contribution is 2.22. The van der Waals surface area contributed by atoms with Crippen molar-refractivity contribution < 1.29 is 0 Å². The molecular formula is C24H16N2. The third-order valence-corrected chi connectivity index (χ3v) is 4.00. The summed E-state index contributed by atoms with van der Waals surface area (Å²) in [7, 11) is 0. The van der Waals surface area contributed by atoms with Gasteiger partial charge in [0.1, 0.15) is 12.1 Å². The number of hydrogen-bond donors (Lipinski definition) is 0. The lowest BCUT2D eigenvalue weighted by molar-refractivity contribution is 1.41. The Kier molecular flexibility index (Phi) is 5.41. The molecule has 0 heterocycles.